The molecule has 2 unspecified atom stereocenters. The van der Waals surface area contributed by atoms with Gasteiger partial charge in [-0.1, -0.05) is 57.0 Å². The van der Waals surface area contributed by atoms with E-state index in [2.05, 4.69) is 125 Å². The largest absolute Gasteiger partial charge is 0.508 e. The Morgan fingerprint density at radius 3 is 1.12 bits per heavy atom. The van der Waals surface area contributed by atoms with E-state index in [1.165, 1.54) is 207 Å². The van der Waals surface area contributed by atoms with Crippen LogP contribution in [0.2, 0.25) is 0 Å². The molecule has 6 heterocycles. The number of hydrogen-bond donors (Lipinski definition) is 11. The Morgan fingerprint density at radius 2 is 0.703 bits per heavy atom. The van der Waals surface area contributed by atoms with Crippen molar-refractivity contribution in [2.75, 3.05) is 88.3 Å². The summed E-state index contributed by atoms with van der Waals surface area (Å²) in [6, 6.07) is 53.2. The monoisotopic (exact) mass is 1750 g/mol. The van der Waals surface area contributed by atoms with Gasteiger partial charge in [-0.25, -0.2) is 0 Å². The zero-order valence-electron chi connectivity index (χ0n) is 71.8. The molecule has 0 spiro atoms. The van der Waals surface area contributed by atoms with Crippen LogP contribution in [0.25, 0.3) is 21.5 Å². The van der Waals surface area contributed by atoms with E-state index in [-0.39, 0.29) is 74.6 Å². The summed E-state index contributed by atoms with van der Waals surface area (Å²) in [5.41, 5.74) is 7.57. The predicted molar refractivity (Wildman–Crippen MR) is 517 cm³/mol. The Balaban J connectivity index is 0.000000154. The number of aromatic hydroxyl groups is 9. The van der Waals surface area contributed by atoms with Gasteiger partial charge >= 0.3 is 0 Å². The third-order valence-electron chi connectivity index (χ3n) is 22.3. The maximum atomic E-state index is 10.5. The lowest BCUT2D eigenvalue weighted by molar-refractivity contribution is 0.263. The number of rotatable bonds is 16. The highest BCUT2D eigenvalue weighted by Crippen LogP contribution is 2.40. The first-order chi connectivity index (χ1) is 56.8. The second-order valence-corrected chi connectivity index (χ2v) is 49.7. The molecular weight excluding hydrogens is 1620 g/mol. The summed E-state index contributed by atoms with van der Waals surface area (Å²) in [6.07, 6.45) is 31.7. The van der Waals surface area contributed by atoms with Crippen LogP contribution in [0.4, 0.5) is 0 Å². The maximum absolute atomic E-state index is 10.5. The van der Waals surface area contributed by atoms with Gasteiger partial charge in [0.1, 0.15) is 145 Å². The lowest BCUT2D eigenvalue weighted by Gasteiger charge is -2.12. The molecule has 19 heteroatoms. The van der Waals surface area contributed by atoms with Crippen molar-refractivity contribution in [3.63, 3.8) is 0 Å². The Bertz CT molecular complexity index is 4660. The first-order valence-corrected chi connectivity index (χ1v) is 55.6. The van der Waals surface area contributed by atoms with Gasteiger partial charge in [-0.15, -0.1) is 0 Å². The van der Waals surface area contributed by atoms with Crippen molar-refractivity contribution in [3.05, 3.63) is 208 Å². The number of aryl methyl sites for hydroxylation is 6. The highest BCUT2D eigenvalue weighted by Gasteiger charge is 2.36. The number of hydrogen-bond acceptors (Lipinski definition) is 11. The van der Waals surface area contributed by atoms with Gasteiger partial charge in [0, 0.05) is 139 Å². The normalized spacial score (nSPS) is 16.8. The van der Waals surface area contributed by atoms with Gasteiger partial charge < -0.3 is 56.2 Å². The summed E-state index contributed by atoms with van der Waals surface area (Å²) in [5, 5.41) is 110. The number of phenolic OH excluding ortho intramolecular Hbond substituents is 8. The number of fused-ring (bicyclic) bond motifs is 2. The molecule has 11 N–H and O–H groups in total. The number of aliphatic hydroxyl groups is 2. The lowest BCUT2D eigenvalue weighted by atomic mass is 10.0. The van der Waals surface area contributed by atoms with E-state index in [1.54, 1.807) is 59.5 Å². The standard InChI is InChI=1S/C18H28OS.C13H18OS.C12H16O3S.2C12H12O2S.C12H16OS.C10H12OS.C10H13S/c1-3-5-9-15-13-17(20-11-7-8-12-20)14-16(18(15)19)10-6-4-2;1-9-7-12(8-10(2)13(9)14)15-6-4-5-11(15)3;13-7-9-5-11(16-3-1-2-4-16)6-10(8-14)12(9)15;1-15(2)12-6-5-11(14)9-4-3-8(13)7-10(9)12;1-15(2)11-7-6-9(13)8-4-3-5-10(14)12(8)11;1-9-7-11(8-10(2)12(9)13)14-5-3-4-6-14;11-9-3-5-10(6-4-9)12-7-1-2-8-12;1-2-6-10(7-3-1)11-8-4-5-9-11/h13-14H,3-12H2,1-2H3;7-8,11H,4-6H2,1-3H3;5-6,13-14H,1-4,7-8H2;2*3-7H,1-2H3,(H-,13,14);7-8H,3-6H2,1-2H3;3-6H,1-2,7-8H2;1-3,6-7H,4-5,8-9H2/q;;;;;;;+1/p+7. The SMILES string of the molecule is CCCCc1cc([S+]2CCCC2)cc(CCCC)c1O.C[S+](C)c1ccc(O)c2ccc(O)cc12.C[S+](C)c1ccc(O)c2cccc(O)c12.Cc1cc([S+]2CCCC2)cc(C)c1O.Cc1cc([S+]2CCCC2C)cc(C)c1O.OCc1cc([S+]2CCCC2)cc(CO)c1O.Oc1ccc([S+]2CCCC2)cc1.c1ccc([S+]2CCCC2)cc1. The number of phenols is 9. The highest BCUT2D eigenvalue weighted by atomic mass is 32.2. The second kappa shape index (κ2) is 48.5. The molecule has 0 saturated carbocycles. The molecule has 6 fully saturated rings. The second-order valence-electron chi connectivity index (χ2n) is 31.7. The minimum atomic E-state index is -0.177. The van der Waals surface area contributed by atoms with Gasteiger partial charge in [0.15, 0.2) is 39.2 Å². The molecule has 0 aliphatic carbocycles. The number of unbranched alkanes of at least 4 members (excludes halogenated alkanes) is 2. The van der Waals surface area contributed by atoms with E-state index in [0.29, 0.717) is 94.0 Å². The van der Waals surface area contributed by atoms with Gasteiger partial charge in [0.05, 0.1) is 18.6 Å². The van der Waals surface area contributed by atoms with Crippen molar-refractivity contribution < 1.29 is 56.2 Å². The van der Waals surface area contributed by atoms with Crippen LogP contribution in [-0.4, -0.2) is 150 Å². The molecule has 6 aliphatic rings. The molecule has 0 amide bonds. The van der Waals surface area contributed by atoms with Crippen molar-refractivity contribution in [2.45, 2.75) is 222 Å². The van der Waals surface area contributed by atoms with Gasteiger partial charge in [-0.3, -0.25) is 0 Å². The molecule has 10 aromatic rings. The topological polar surface area (TPSA) is 223 Å². The smallest absolute Gasteiger partial charge is 0.166 e. The van der Waals surface area contributed by atoms with Crippen LogP contribution < -0.4 is 0 Å². The molecule has 118 heavy (non-hydrogen) atoms. The van der Waals surface area contributed by atoms with Crippen LogP contribution in [-0.2, 0) is 113 Å². The summed E-state index contributed by atoms with van der Waals surface area (Å²) in [6.45, 7) is 14.4. The predicted octanol–water partition coefficient (Wildman–Crippen LogP) is 21.5. The van der Waals surface area contributed by atoms with Crippen LogP contribution >= 0.6 is 0 Å². The maximum Gasteiger partial charge on any atom is 0.166 e. The minimum absolute atomic E-state index is 0.0385. The molecular formula is C99H134O11S8+8. The van der Waals surface area contributed by atoms with Crippen molar-refractivity contribution in [1.29, 1.82) is 0 Å². The fourth-order valence-electron chi connectivity index (χ4n) is 15.5. The zero-order valence-corrected chi connectivity index (χ0v) is 78.3. The van der Waals surface area contributed by atoms with E-state index in [0.717, 1.165) is 61.4 Å². The van der Waals surface area contributed by atoms with Crippen LogP contribution in [0.5, 0.6) is 51.7 Å². The lowest BCUT2D eigenvalue weighted by Crippen LogP contribution is -2.13. The molecule has 0 aromatic heterocycles. The van der Waals surface area contributed by atoms with Crippen LogP contribution in [0.3, 0.4) is 0 Å². The van der Waals surface area contributed by atoms with E-state index in [1.807, 2.05) is 58.0 Å². The quantitative estimate of drug-likeness (QED) is 0.0409. The van der Waals surface area contributed by atoms with E-state index >= 15 is 0 Å². The van der Waals surface area contributed by atoms with Gasteiger partial charge in [0.25, 0.3) is 0 Å². The number of benzene rings is 10. The Labute approximate surface area is 728 Å². The molecule has 2 atom stereocenters. The molecule has 6 aliphatic heterocycles. The van der Waals surface area contributed by atoms with E-state index < -0.39 is 0 Å². The van der Waals surface area contributed by atoms with Crippen molar-refractivity contribution in [1.82, 2.24) is 0 Å². The number of aliphatic hydroxyl groups excluding tert-OH is 2. The third kappa shape index (κ3) is 27.3. The van der Waals surface area contributed by atoms with E-state index in [4.69, 9.17) is 15.3 Å². The zero-order chi connectivity index (χ0) is 85.0. The summed E-state index contributed by atoms with van der Waals surface area (Å²) in [7, 11) is 2.86. The molecule has 10 aromatic carbocycles. The molecule has 0 radical (unpaired) electrons. The van der Waals surface area contributed by atoms with Crippen molar-refractivity contribution in [2.24, 2.45) is 0 Å². The fraction of sp³-hybridized carbons (Fsp3) is 0.434. The fourth-order valence-corrected chi connectivity index (χ4v) is 32.0. The van der Waals surface area contributed by atoms with Crippen molar-refractivity contribution >= 4 is 109 Å². The molecule has 11 nitrogen and oxygen atoms in total. The van der Waals surface area contributed by atoms with Crippen LogP contribution in [0.15, 0.2) is 203 Å². The van der Waals surface area contributed by atoms with Gasteiger partial charge in [-0.2, -0.15) is 0 Å². The first-order valence-electron chi connectivity index (χ1n) is 42.3. The summed E-state index contributed by atoms with van der Waals surface area (Å²) in [5.74, 6) is 17.6. The molecule has 16 rings (SSSR count). The Hall–Kier alpha value is -6.36. The highest BCUT2D eigenvalue weighted by molar-refractivity contribution is 7.99. The van der Waals surface area contributed by atoms with Gasteiger partial charge in [0.2, 0.25) is 0 Å². The molecule has 0 bridgehead atoms. The average molecular weight is 1760 g/mol. The molecule has 6 saturated heterocycles. The Kier molecular flexibility index (Phi) is 39.2. The van der Waals surface area contributed by atoms with E-state index in [9.17, 15) is 40.9 Å². The van der Waals surface area contributed by atoms with Crippen molar-refractivity contribution in [3.8, 4) is 51.7 Å². The van der Waals surface area contributed by atoms with Crippen LogP contribution in [0, 0.1) is 27.7 Å². The summed E-state index contributed by atoms with van der Waals surface area (Å²) in [4.78, 5) is 10.8. The minimum Gasteiger partial charge on any atom is -0.508 e. The third-order valence-corrected chi connectivity index (χ3v) is 39.9. The Morgan fingerprint density at radius 1 is 0.322 bits per heavy atom. The van der Waals surface area contributed by atoms with Crippen LogP contribution in [0.1, 0.15) is 168 Å². The first kappa shape index (κ1) is 95.5. The van der Waals surface area contributed by atoms with Gasteiger partial charge in [-0.05, 0) is 280 Å². The summed E-state index contributed by atoms with van der Waals surface area (Å²) >= 11 is 0. The molecule has 636 valence electrons. The summed E-state index contributed by atoms with van der Waals surface area (Å²) < 4.78 is 0. The average Bonchev–Trinajstić information content (AvgIpc) is 1.11.